The first-order chi connectivity index (χ1) is 12.5. The van der Waals surface area contributed by atoms with Crippen LogP contribution in [0.1, 0.15) is 31.4 Å². The minimum atomic E-state index is -0.246. The van der Waals surface area contributed by atoms with Crippen molar-refractivity contribution < 1.29 is 5.11 Å². The highest BCUT2D eigenvalue weighted by molar-refractivity contribution is 6.34. The summed E-state index contributed by atoms with van der Waals surface area (Å²) in [6, 6.07) is 7.77. The lowest BCUT2D eigenvalue weighted by atomic mass is 10.1. The Morgan fingerprint density at radius 3 is 2.65 bits per heavy atom. The minimum Gasteiger partial charge on any atom is -0.393 e. The molecule has 0 radical (unpaired) electrons. The maximum atomic E-state index is 10.1. The molecular formula is C19H20Cl2N4O. The largest absolute Gasteiger partial charge is 0.393 e. The van der Waals surface area contributed by atoms with Gasteiger partial charge in [-0.3, -0.25) is 0 Å². The Hall–Kier alpha value is -1.82. The van der Waals surface area contributed by atoms with Gasteiger partial charge in [-0.1, -0.05) is 30.1 Å². The zero-order valence-corrected chi connectivity index (χ0v) is 15.9. The predicted octanol–water partition coefficient (Wildman–Crippen LogP) is 4.68. The number of aliphatic hydroxyl groups is 1. The number of anilines is 1. The molecule has 7 heteroatoms. The summed E-state index contributed by atoms with van der Waals surface area (Å²) in [6.07, 6.45) is 5.08. The van der Waals surface area contributed by atoms with Crippen molar-refractivity contribution >= 4 is 40.1 Å². The molecule has 4 rings (SSSR count). The summed E-state index contributed by atoms with van der Waals surface area (Å²) < 4.78 is 2.16. The van der Waals surface area contributed by atoms with Gasteiger partial charge in [0, 0.05) is 28.8 Å². The van der Waals surface area contributed by atoms with Crippen LogP contribution in [0.4, 0.5) is 5.82 Å². The van der Waals surface area contributed by atoms with Gasteiger partial charge in [0.1, 0.15) is 17.8 Å². The molecule has 136 valence electrons. The number of fused-ring (bicyclic) bond motifs is 1. The van der Waals surface area contributed by atoms with Crippen molar-refractivity contribution in [2.24, 2.45) is 5.92 Å². The van der Waals surface area contributed by atoms with Crippen molar-refractivity contribution in [2.45, 2.75) is 38.5 Å². The van der Waals surface area contributed by atoms with E-state index in [2.05, 4.69) is 26.8 Å². The second-order valence-corrected chi connectivity index (χ2v) is 7.86. The van der Waals surface area contributed by atoms with E-state index in [1.54, 1.807) is 12.4 Å². The van der Waals surface area contributed by atoms with Crippen LogP contribution in [0.15, 0.2) is 36.8 Å². The third kappa shape index (κ3) is 3.39. The highest BCUT2D eigenvalue weighted by Crippen LogP contribution is 2.37. The molecule has 0 amide bonds. The van der Waals surface area contributed by atoms with Crippen LogP contribution in [0.5, 0.6) is 0 Å². The smallest absolute Gasteiger partial charge is 0.145 e. The second-order valence-electron chi connectivity index (χ2n) is 6.98. The third-order valence-corrected chi connectivity index (χ3v) is 5.54. The van der Waals surface area contributed by atoms with Crippen LogP contribution in [0, 0.1) is 5.92 Å². The van der Waals surface area contributed by atoms with E-state index in [1.165, 1.54) is 0 Å². The van der Waals surface area contributed by atoms with Gasteiger partial charge in [-0.05, 0) is 48.6 Å². The SMILES string of the molecule is C[C@H]1C[C@@H](n2ccc3c(NCc4cc(Cl)cc(Cl)c4)ncnc32)C[C@@H]1O. The molecule has 5 nitrogen and oxygen atoms in total. The van der Waals surface area contributed by atoms with Crippen LogP contribution in [-0.4, -0.2) is 25.7 Å². The van der Waals surface area contributed by atoms with Crippen LogP contribution in [0.3, 0.4) is 0 Å². The molecule has 1 aromatic carbocycles. The standard InChI is InChI=1S/C19H20Cl2N4O/c1-11-4-15(8-17(11)26)25-3-2-16-18(23-10-24-19(16)25)22-9-12-5-13(20)7-14(21)6-12/h2-3,5-7,10-11,15,17,26H,4,8-9H2,1H3,(H,22,23,24)/t11-,15+,17-/m0/s1. The van der Waals surface area contributed by atoms with E-state index in [4.69, 9.17) is 23.2 Å². The van der Waals surface area contributed by atoms with Gasteiger partial charge < -0.3 is 15.0 Å². The lowest BCUT2D eigenvalue weighted by Gasteiger charge is -2.13. The van der Waals surface area contributed by atoms with Crippen LogP contribution in [-0.2, 0) is 6.54 Å². The third-order valence-electron chi connectivity index (χ3n) is 5.10. The predicted molar refractivity (Wildman–Crippen MR) is 105 cm³/mol. The summed E-state index contributed by atoms with van der Waals surface area (Å²) in [4.78, 5) is 8.85. The topological polar surface area (TPSA) is 63.0 Å². The Morgan fingerprint density at radius 2 is 1.96 bits per heavy atom. The lowest BCUT2D eigenvalue weighted by molar-refractivity contribution is 0.139. The molecule has 2 heterocycles. The lowest BCUT2D eigenvalue weighted by Crippen LogP contribution is -2.09. The first-order valence-electron chi connectivity index (χ1n) is 8.69. The number of aromatic nitrogens is 3. The number of nitrogens with zero attached hydrogens (tertiary/aromatic N) is 3. The van der Waals surface area contributed by atoms with Crippen molar-refractivity contribution in [2.75, 3.05) is 5.32 Å². The maximum Gasteiger partial charge on any atom is 0.145 e. The van der Waals surface area contributed by atoms with Gasteiger partial charge in [0.2, 0.25) is 0 Å². The van der Waals surface area contributed by atoms with Crippen molar-refractivity contribution in [1.29, 1.82) is 0 Å². The number of halogens is 2. The Bertz CT molecular complexity index is 912. The van der Waals surface area contributed by atoms with Gasteiger partial charge in [-0.25, -0.2) is 9.97 Å². The van der Waals surface area contributed by atoms with Crippen LogP contribution in [0.2, 0.25) is 10.0 Å². The monoisotopic (exact) mass is 390 g/mol. The number of benzene rings is 1. The molecule has 1 saturated carbocycles. The van der Waals surface area contributed by atoms with E-state index in [-0.39, 0.29) is 12.1 Å². The first-order valence-corrected chi connectivity index (χ1v) is 9.45. The van der Waals surface area contributed by atoms with E-state index >= 15 is 0 Å². The van der Waals surface area contributed by atoms with Crippen LogP contribution < -0.4 is 5.32 Å². The summed E-state index contributed by atoms with van der Waals surface area (Å²) in [6.45, 7) is 2.66. The summed E-state index contributed by atoms with van der Waals surface area (Å²) in [5.74, 6) is 1.08. The molecule has 1 aliphatic carbocycles. The molecule has 1 fully saturated rings. The van der Waals surface area contributed by atoms with Crippen molar-refractivity contribution in [1.82, 2.24) is 14.5 Å². The molecule has 1 aliphatic rings. The van der Waals surface area contributed by atoms with Gasteiger partial charge in [-0.15, -0.1) is 0 Å². The quantitative estimate of drug-likeness (QED) is 0.678. The first kappa shape index (κ1) is 17.6. The van der Waals surface area contributed by atoms with Gasteiger partial charge in [0.05, 0.1) is 11.5 Å². The fraction of sp³-hybridized carbons (Fsp3) is 0.368. The van der Waals surface area contributed by atoms with E-state index in [0.717, 1.165) is 35.3 Å². The fourth-order valence-electron chi connectivity index (χ4n) is 3.73. The van der Waals surface area contributed by atoms with Crippen molar-refractivity contribution in [3.8, 4) is 0 Å². The number of hydrogen-bond donors (Lipinski definition) is 2. The molecular weight excluding hydrogens is 371 g/mol. The number of aliphatic hydroxyl groups excluding tert-OH is 1. The molecule has 26 heavy (non-hydrogen) atoms. The average molecular weight is 391 g/mol. The Labute approximate surface area is 162 Å². The zero-order chi connectivity index (χ0) is 18.3. The van der Waals surface area contributed by atoms with Gasteiger partial charge in [-0.2, -0.15) is 0 Å². The van der Waals surface area contributed by atoms with Gasteiger partial charge in [0.25, 0.3) is 0 Å². The normalized spacial score (nSPS) is 22.8. The second kappa shape index (κ2) is 7.06. The molecule has 3 aromatic rings. The van der Waals surface area contributed by atoms with E-state index in [1.807, 2.05) is 24.4 Å². The fourth-order valence-corrected chi connectivity index (χ4v) is 4.30. The number of nitrogens with one attached hydrogen (secondary N) is 1. The summed E-state index contributed by atoms with van der Waals surface area (Å²) in [5, 5.41) is 15.6. The van der Waals surface area contributed by atoms with E-state index < -0.39 is 0 Å². The summed E-state index contributed by atoms with van der Waals surface area (Å²) in [5.41, 5.74) is 1.87. The minimum absolute atomic E-state index is 0.246. The van der Waals surface area contributed by atoms with E-state index in [0.29, 0.717) is 22.5 Å². The molecule has 0 bridgehead atoms. The Kier molecular flexibility index (Phi) is 4.78. The molecule has 0 aliphatic heterocycles. The highest BCUT2D eigenvalue weighted by atomic mass is 35.5. The molecule has 2 N–H and O–H groups in total. The Morgan fingerprint density at radius 1 is 1.19 bits per heavy atom. The van der Waals surface area contributed by atoms with Crippen molar-refractivity contribution in [3.63, 3.8) is 0 Å². The molecule has 2 aromatic heterocycles. The highest BCUT2D eigenvalue weighted by Gasteiger charge is 2.31. The molecule has 0 saturated heterocycles. The van der Waals surface area contributed by atoms with Crippen molar-refractivity contribution in [3.05, 3.63) is 52.4 Å². The molecule has 3 atom stereocenters. The zero-order valence-electron chi connectivity index (χ0n) is 14.4. The van der Waals surface area contributed by atoms with Crippen LogP contribution in [0.25, 0.3) is 11.0 Å². The Balaban J connectivity index is 1.59. The summed E-state index contributed by atoms with van der Waals surface area (Å²) in [7, 11) is 0. The molecule has 0 spiro atoms. The number of hydrogen-bond acceptors (Lipinski definition) is 4. The van der Waals surface area contributed by atoms with Crippen LogP contribution >= 0.6 is 23.2 Å². The van der Waals surface area contributed by atoms with Gasteiger partial charge >= 0.3 is 0 Å². The average Bonchev–Trinajstić information content (AvgIpc) is 3.16. The maximum absolute atomic E-state index is 10.1. The molecule has 0 unspecified atom stereocenters. The number of rotatable bonds is 4. The summed E-state index contributed by atoms with van der Waals surface area (Å²) >= 11 is 12.1. The van der Waals surface area contributed by atoms with E-state index in [9.17, 15) is 5.11 Å². The van der Waals surface area contributed by atoms with Gasteiger partial charge in [0.15, 0.2) is 0 Å².